The van der Waals surface area contributed by atoms with Gasteiger partial charge in [-0.25, -0.2) is 0 Å². The van der Waals surface area contributed by atoms with Crippen LogP contribution in [0.15, 0.2) is 110 Å². The van der Waals surface area contributed by atoms with Gasteiger partial charge < -0.3 is 5.32 Å². The topological polar surface area (TPSA) is 54.9 Å². The van der Waals surface area contributed by atoms with Gasteiger partial charge in [-0.05, 0) is 34.4 Å². The summed E-state index contributed by atoms with van der Waals surface area (Å²) in [5.74, 6) is -0.425. The molecule has 3 heterocycles. The van der Waals surface area contributed by atoms with Crippen LogP contribution in [0.25, 0.3) is 0 Å². The van der Waals surface area contributed by atoms with Crippen LogP contribution < -0.4 is 5.32 Å². The summed E-state index contributed by atoms with van der Waals surface area (Å²) in [4.78, 5) is 22.9. The number of carbonyl (C=O) groups is 1. The number of aromatic nitrogens is 2. The summed E-state index contributed by atoms with van der Waals surface area (Å²) >= 11 is 0. The molecule has 0 amide bonds. The zero-order valence-electron chi connectivity index (χ0n) is 17.0. The second-order valence-electron chi connectivity index (χ2n) is 7.87. The number of piperidine rings is 1. The predicted octanol–water partition coefficient (Wildman–Crippen LogP) is 5.00. The van der Waals surface area contributed by atoms with E-state index in [9.17, 15) is 4.79 Å². The minimum atomic E-state index is -0.316. The summed E-state index contributed by atoms with van der Waals surface area (Å²) in [5.41, 5.74) is 4.04. The number of benzene rings is 2. The lowest BCUT2D eigenvalue weighted by atomic mass is 9.70. The van der Waals surface area contributed by atoms with Crippen LogP contribution in [0.2, 0.25) is 0 Å². The van der Waals surface area contributed by atoms with Crippen LogP contribution in [-0.2, 0) is 4.79 Å². The average molecular weight is 406 g/mol. The summed E-state index contributed by atoms with van der Waals surface area (Å²) in [5, 5.41) is 3.81. The first-order valence-corrected chi connectivity index (χ1v) is 10.5. The normalized spacial score (nSPS) is 23.4. The van der Waals surface area contributed by atoms with Gasteiger partial charge in [0.25, 0.3) is 0 Å². The molecule has 0 bridgehead atoms. The Balaban J connectivity index is 1.67. The first kappa shape index (κ1) is 19.3. The third-order valence-electron chi connectivity index (χ3n) is 6.04. The van der Waals surface area contributed by atoms with Gasteiger partial charge in [0.05, 0.1) is 11.8 Å². The molecule has 4 aromatic rings. The standard InChI is InChI=1S/C27H23N3O/c31-27-23(19-9-3-1-4-10-19)25(21-13-7-15-28-17-21)30-26(22-14-8-16-29-18-22)24(27)20-11-5-2-6-12-20/h1-18,23-26,30H/t23-,24+,25-,26-/m0/s1. The molecular formula is C27H23N3O. The maximum atomic E-state index is 14.2. The smallest absolute Gasteiger partial charge is 0.151 e. The van der Waals surface area contributed by atoms with Crippen LogP contribution in [-0.4, -0.2) is 15.8 Å². The van der Waals surface area contributed by atoms with Crippen molar-refractivity contribution in [3.8, 4) is 0 Å². The van der Waals surface area contributed by atoms with E-state index in [4.69, 9.17) is 0 Å². The highest BCUT2D eigenvalue weighted by atomic mass is 16.1. The number of carbonyl (C=O) groups excluding carboxylic acids is 1. The molecule has 0 saturated carbocycles. The Hall–Kier alpha value is -3.63. The molecule has 4 atom stereocenters. The van der Waals surface area contributed by atoms with Crippen molar-refractivity contribution in [2.45, 2.75) is 23.9 Å². The summed E-state index contributed by atoms with van der Waals surface area (Å²) in [6.45, 7) is 0. The number of hydrogen-bond donors (Lipinski definition) is 1. The first-order valence-electron chi connectivity index (χ1n) is 10.5. The number of Topliss-reactive ketones (excluding diaryl/α,β-unsaturated/α-hetero) is 1. The average Bonchev–Trinajstić information content (AvgIpc) is 2.85. The van der Waals surface area contributed by atoms with Gasteiger partial charge in [-0.15, -0.1) is 0 Å². The Morgan fingerprint density at radius 2 is 0.968 bits per heavy atom. The molecule has 4 nitrogen and oxygen atoms in total. The Morgan fingerprint density at radius 3 is 1.35 bits per heavy atom. The Kier molecular flexibility index (Phi) is 5.38. The molecule has 1 aliphatic heterocycles. The van der Waals surface area contributed by atoms with Crippen LogP contribution >= 0.6 is 0 Å². The highest BCUT2D eigenvalue weighted by Gasteiger charge is 2.46. The monoisotopic (exact) mass is 405 g/mol. The van der Waals surface area contributed by atoms with E-state index >= 15 is 0 Å². The van der Waals surface area contributed by atoms with Crippen LogP contribution in [0.1, 0.15) is 46.2 Å². The van der Waals surface area contributed by atoms with E-state index in [2.05, 4.69) is 15.3 Å². The third-order valence-corrected chi connectivity index (χ3v) is 6.04. The molecule has 2 aromatic heterocycles. The second kappa shape index (κ2) is 8.62. The second-order valence-corrected chi connectivity index (χ2v) is 7.87. The molecule has 0 spiro atoms. The quantitative estimate of drug-likeness (QED) is 0.519. The predicted molar refractivity (Wildman–Crippen MR) is 120 cm³/mol. The molecule has 0 aliphatic carbocycles. The number of ketones is 1. The molecule has 0 radical (unpaired) electrons. The molecule has 1 aliphatic rings. The summed E-state index contributed by atoms with van der Waals surface area (Å²) in [7, 11) is 0. The minimum Gasteiger partial charge on any atom is -0.301 e. The van der Waals surface area contributed by atoms with Crippen molar-refractivity contribution in [3.05, 3.63) is 132 Å². The van der Waals surface area contributed by atoms with Crippen LogP contribution in [0, 0.1) is 0 Å². The van der Waals surface area contributed by atoms with Gasteiger partial charge in [-0.2, -0.15) is 0 Å². The molecule has 0 unspecified atom stereocenters. The Bertz CT molecular complexity index is 1040. The zero-order valence-corrected chi connectivity index (χ0v) is 17.0. The highest BCUT2D eigenvalue weighted by Crippen LogP contribution is 2.46. The van der Waals surface area contributed by atoms with Gasteiger partial charge in [-0.3, -0.25) is 14.8 Å². The number of nitrogens with one attached hydrogen (secondary N) is 1. The molecule has 1 N–H and O–H groups in total. The maximum Gasteiger partial charge on any atom is 0.151 e. The molecule has 1 saturated heterocycles. The largest absolute Gasteiger partial charge is 0.301 e. The first-order chi connectivity index (χ1) is 15.3. The van der Waals surface area contributed by atoms with Crippen LogP contribution in [0.3, 0.4) is 0 Å². The lowest BCUT2D eigenvalue weighted by Crippen LogP contribution is -2.46. The van der Waals surface area contributed by atoms with Crippen molar-refractivity contribution in [3.63, 3.8) is 0 Å². The Labute approximate surface area is 182 Å². The van der Waals surface area contributed by atoms with Crippen LogP contribution in [0.4, 0.5) is 0 Å². The zero-order chi connectivity index (χ0) is 21.0. The fourth-order valence-electron chi connectivity index (χ4n) is 4.64. The van der Waals surface area contributed by atoms with E-state index in [1.807, 2.05) is 97.3 Å². The molecule has 152 valence electrons. The lowest BCUT2D eigenvalue weighted by Gasteiger charge is -2.42. The minimum absolute atomic E-state index is 0.186. The lowest BCUT2D eigenvalue weighted by molar-refractivity contribution is -0.125. The van der Waals surface area contributed by atoms with Gasteiger partial charge in [0.15, 0.2) is 5.78 Å². The number of nitrogens with zero attached hydrogens (tertiary/aromatic N) is 2. The van der Waals surface area contributed by atoms with E-state index in [0.29, 0.717) is 0 Å². The molecule has 1 fully saturated rings. The maximum absolute atomic E-state index is 14.2. The molecular weight excluding hydrogens is 382 g/mol. The van der Waals surface area contributed by atoms with Crippen molar-refractivity contribution in [1.29, 1.82) is 0 Å². The van der Waals surface area contributed by atoms with Crippen molar-refractivity contribution in [2.24, 2.45) is 0 Å². The highest BCUT2D eigenvalue weighted by molar-refractivity contribution is 5.94. The molecule has 31 heavy (non-hydrogen) atoms. The fourth-order valence-corrected chi connectivity index (χ4v) is 4.64. The SMILES string of the molecule is O=C1[C@H](c2ccccc2)[C@H](c2cccnc2)N[C@@H](c2cccnc2)[C@@H]1c1ccccc1. The van der Waals surface area contributed by atoms with Gasteiger partial charge in [0.1, 0.15) is 0 Å². The van der Waals surface area contributed by atoms with Gasteiger partial charge in [0.2, 0.25) is 0 Å². The van der Waals surface area contributed by atoms with Crippen LogP contribution in [0.5, 0.6) is 0 Å². The Morgan fingerprint density at radius 1 is 0.548 bits per heavy atom. The van der Waals surface area contributed by atoms with E-state index in [0.717, 1.165) is 22.3 Å². The number of pyridine rings is 2. The summed E-state index contributed by atoms with van der Waals surface area (Å²) < 4.78 is 0. The number of rotatable bonds is 4. The van der Waals surface area contributed by atoms with Crippen molar-refractivity contribution < 1.29 is 4.79 Å². The van der Waals surface area contributed by atoms with Gasteiger partial charge in [0, 0.05) is 36.9 Å². The summed E-state index contributed by atoms with van der Waals surface area (Å²) in [6, 6.07) is 27.7. The van der Waals surface area contributed by atoms with E-state index < -0.39 is 0 Å². The van der Waals surface area contributed by atoms with Crippen molar-refractivity contribution in [1.82, 2.24) is 15.3 Å². The van der Waals surface area contributed by atoms with Crippen molar-refractivity contribution in [2.75, 3.05) is 0 Å². The van der Waals surface area contributed by atoms with E-state index in [1.165, 1.54) is 0 Å². The van der Waals surface area contributed by atoms with Crippen molar-refractivity contribution >= 4 is 5.78 Å². The number of hydrogen-bond acceptors (Lipinski definition) is 4. The van der Waals surface area contributed by atoms with Gasteiger partial charge in [-0.1, -0.05) is 72.8 Å². The van der Waals surface area contributed by atoms with E-state index in [-0.39, 0.29) is 29.7 Å². The summed E-state index contributed by atoms with van der Waals surface area (Å²) in [6.07, 6.45) is 7.22. The molecule has 2 aromatic carbocycles. The van der Waals surface area contributed by atoms with E-state index in [1.54, 1.807) is 12.4 Å². The molecule has 4 heteroatoms. The van der Waals surface area contributed by atoms with Gasteiger partial charge >= 0.3 is 0 Å². The third kappa shape index (κ3) is 3.78. The molecule has 5 rings (SSSR count). The fraction of sp³-hybridized carbons (Fsp3) is 0.148.